The third kappa shape index (κ3) is 1.20. The van der Waals surface area contributed by atoms with Gasteiger partial charge in [0.1, 0.15) is 0 Å². The van der Waals surface area contributed by atoms with E-state index in [1.165, 1.54) is 0 Å². The number of nitrogens with zero attached hydrogens (tertiary/aromatic N) is 1. The molecular formula is C11H12FNO. The highest BCUT2D eigenvalue weighted by atomic mass is 19.2. The Morgan fingerprint density at radius 1 is 1.36 bits per heavy atom. The van der Waals surface area contributed by atoms with Gasteiger partial charge in [-0.05, 0) is 11.6 Å². The van der Waals surface area contributed by atoms with E-state index in [4.69, 9.17) is 0 Å². The Kier molecular flexibility index (Phi) is 1.84. The van der Waals surface area contributed by atoms with Crippen LogP contribution in [0.5, 0.6) is 0 Å². The average Bonchev–Trinajstić information content (AvgIpc) is 2.14. The molecule has 0 spiro atoms. The monoisotopic (exact) mass is 193 g/mol. The Balaban J connectivity index is 2.61. The van der Waals surface area contributed by atoms with E-state index in [1.807, 2.05) is 26.0 Å². The summed E-state index contributed by atoms with van der Waals surface area (Å²) in [6.07, 6.45) is 0.223. The zero-order chi connectivity index (χ0) is 10.3. The van der Waals surface area contributed by atoms with Gasteiger partial charge in [-0.2, -0.15) is 0 Å². The lowest BCUT2D eigenvalue weighted by molar-refractivity contribution is -0.122. The van der Waals surface area contributed by atoms with Crippen LogP contribution in [0, 0.1) is 0 Å². The second-order valence-electron chi connectivity index (χ2n) is 4.25. The quantitative estimate of drug-likeness (QED) is 0.580. The smallest absolute Gasteiger partial charge is 0.255 e. The lowest BCUT2D eigenvalue weighted by Gasteiger charge is -2.33. The van der Waals surface area contributed by atoms with Crippen LogP contribution in [0.2, 0.25) is 0 Å². The van der Waals surface area contributed by atoms with E-state index >= 15 is 0 Å². The van der Waals surface area contributed by atoms with Crippen molar-refractivity contribution in [2.75, 3.05) is 5.12 Å². The van der Waals surface area contributed by atoms with Crippen LogP contribution in [0.3, 0.4) is 0 Å². The summed E-state index contributed by atoms with van der Waals surface area (Å²) < 4.78 is 13.4. The van der Waals surface area contributed by atoms with Gasteiger partial charge in [-0.25, -0.2) is 0 Å². The second-order valence-corrected chi connectivity index (χ2v) is 4.25. The van der Waals surface area contributed by atoms with Crippen LogP contribution in [0.4, 0.5) is 10.2 Å². The van der Waals surface area contributed by atoms with Gasteiger partial charge in [0.05, 0.1) is 5.69 Å². The lowest BCUT2D eigenvalue weighted by Crippen LogP contribution is -2.37. The fraction of sp³-hybridized carbons (Fsp3) is 0.364. The van der Waals surface area contributed by atoms with Gasteiger partial charge in [0.2, 0.25) is 0 Å². The van der Waals surface area contributed by atoms with Gasteiger partial charge in [-0.15, -0.1) is 5.12 Å². The predicted molar refractivity (Wildman–Crippen MR) is 52.7 cm³/mol. The number of carbonyl (C=O) groups is 1. The molecule has 14 heavy (non-hydrogen) atoms. The van der Waals surface area contributed by atoms with Crippen LogP contribution in [-0.2, 0) is 10.2 Å². The summed E-state index contributed by atoms with van der Waals surface area (Å²) in [7, 11) is 0. The summed E-state index contributed by atoms with van der Waals surface area (Å²) in [5.74, 6) is -0.464. The SMILES string of the molecule is CC1(C)CC(=O)N(F)c2ccccc21. The molecule has 0 N–H and O–H groups in total. The summed E-state index contributed by atoms with van der Waals surface area (Å²) in [5.41, 5.74) is 1.01. The van der Waals surface area contributed by atoms with Crippen molar-refractivity contribution < 1.29 is 9.28 Å². The van der Waals surface area contributed by atoms with Gasteiger partial charge in [0.15, 0.2) is 0 Å². The average molecular weight is 193 g/mol. The normalized spacial score (nSPS) is 19.4. The minimum Gasteiger partial charge on any atom is -0.272 e. The molecule has 0 saturated heterocycles. The van der Waals surface area contributed by atoms with E-state index in [1.54, 1.807) is 12.1 Å². The van der Waals surface area contributed by atoms with Crippen molar-refractivity contribution in [3.8, 4) is 0 Å². The van der Waals surface area contributed by atoms with Crippen molar-refractivity contribution in [1.29, 1.82) is 0 Å². The number of fused-ring (bicyclic) bond motifs is 1. The maximum absolute atomic E-state index is 13.4. The number of carbonyl (C=O) groups excluding carboxylic acids is 1. The summed E-state index contributed by atoms with van der Waals surface area (Å²) in [6, 6.07) is 7.10. The van der Waals surface area contributed by atoms with Gasteiger partial charge < -0.3 is 0 Å². The molecule has 1 aliphatic heterocycles. The maximum atomic E-state index is 13.4. The van der Waals surface area contributed by atoms with Crippen molar-refractivity contribution in [2.24, 2.45) is 0 Å². The highest BCUT2D eigenvalue weighted by Crippen LogP contribution is 2.39. The van der Waals surface area contributed by atoms with Gasteiger partial charge in [-0.1, -0.05) is 36.5 Å². The van der Waals surface area contributed by atoms with E-state index in [0.29, 0.717) is 5.69 Å². The minimum absolute atomic E-state index is 0.223. The van der Waals surface area contributed by atoms with E-state index in [9.17, 15) is 9.28 Å². The molecule has 1 heterocycles. The van der Waals surface area contributed by atoms with Crippen LogP contribution in [0.15, 0.2) is 24.3 Å². The molecule has 0 unspecified atom stereocenters. The molecular weight excluding hydrogens is 181 g/mol. The number of amides is 1. The first-order chi connectivity index (χ1) is 6.52. The first-order valence-electron chi connectivity index (χ1n) is 4.60. The molecule has 0 aliphatic carbocycles. The first-order valence-corrected chi connectivity index (χ1v) is 4.60. The Morgan fingerprint density at radius 3 is 2.71 bits per heavy atom. The minimum atomic E-state index is -0.464. The van der Waals surface area contributed by atoms with Crippen molar-refractivity contribution >= 4 is 11.6 Å². The van der Waals surface area contributed by atoms with Crippen molar-refractivity contribution in [1.82, 2.24) is 0 Å². The van der Waals surface area contributed by atoms with Crippen molar-refractivity contribution in [3.05, 3.63) is 29.8 Å². The lowest BCUT2D eigenvalue weighted by atomic mass is 9.78. The third-order valence-electron chi connectivity index (χ3n) is 2.66. The molecule has 0 radical (unpaired) electrons. The first kappa shape index (κ1) is 9.19. The predicted octanol–water partition coefficient (Wildman–Crippen LogP) is 2.59. The molecule has 1 aromatic carbocycles. The molecule has 2 rings (SSSR count). The highest BCUT2D eigenvalue weighted by molar-refractivity contribution is 5.95. The molecule has 0 fully saturated rings. The van der Waals surface area contributed by atoms with Gasteiger partial charge in [-0.3, -0.25) is 4.79 Å². The van der Waals surface area contributed by atoms with Crippen molar-refractivity contribution in [3.63, 3.8) is 0 Å². The molecule has 0 bridgehead atoms. The molecule has 0 aromatic heterocycles. The van der Waals surface area contributed by atoms with Crippen LogP contribution < -0.4 is 5.12 Å². The molecule has 1 aliphatic rings. The summed E-state index contributed by atoms with van der Waals surface area (Å²) in [5, 5.41) is 0.251. The fourth-order valence-electron chi connectivity index (χ4n) is 1.89. The van der Waals surface area contributed by atoms with Gasteiger partial charge >= 0.3 is 0 Å². The molecule has 74 valence electrons. The number of benzene rings is 1. The second kappa shape index (κ2) is 2.80. The standard InChI is InChI=1S/C11H12FNO/c1-11(2)7-10(14)13(12)9-6-4-3-5-8(9)11/h3-6H,7H2,1-2H3. The largest absolute Gasteiger partial charge is 0.272 e. The molecule has 0 atom stereocenters. The zero-order valence-corrected chi connectivity index (χ0v) is 8.25. The van der Waals surface area contributed by atoms with Crippen LogP contribution in [0.1, 0.15) is 25.8 Å². The third-order valence-corrected chi connectivity index (χ3v) is 2.66. The Bertz CT molecular complexity index is 387. The summed E-state index contributed by atoms with van der Waals surface area (Å²) in [4.78, 5) is 11.3. The molecule has 3 heteroatoms. The number of hydrogen-bond donors (Lipinski definition) is 0. The number of anilines is 1. The van der Waals surface area contributed by atoms with Crippen LogP contribution in [0.25, 0.3) is 0 Å². The van der Waals surface area contributed by atoms with E-state index in [2.05, 4.69) is 0 Å². The number of para-hydroxylation sites is 1. The zero-order valence-electron chi connectivity index (χ0n) is 8.25. The van der Waals surface area contributed by atoms with Crippen LogP contribution in [-0.4, -0.2) is 5.91 Å². The molecule has 1 aromatic rings. The van der Waals surface area contributed by atoms with E-state index < -0.39 is 5.91 Å². The topological polar surface area (TPSA) is 20.3 Å². The Morgan fingerprint density at radius 2 is 2.00 bits per heavy atom. The van der Waals surface area contributed by atoms with Crippen LogP contribution >= 0.6 is 0 Å². The van der Waals surface area contributed by atoms with E-state index in [0.717, 1.165) is 5.56 Å². The molecule has 0 saturated carbocycles. The summed E-state index contributed by atoms with van der Waals surface area (Å²) >= 11 is 0. The van der Waals surface area contributed by atoms with Gasteiger partial charge in [0.25, 0.3) is 5.91 Å². The highest BCUT2D eigenvalue weighted by Gasteiger charge is 2.36. The Hall–Kier alpha value is -1.38. The molecule has 2 nitrogen and oxygen atoms in total. The Labute approximate surface area is 82.3 Å². The number of halogens is 1. The maximum Gasteiger partial charge on any atom is 0.255 e. The number of rotatable bonds is 0. The van der Waals surface area contributed by atoms with Gasteiger partial charge in [0, 0.05) is 11.8 Å². The summed E-state index contributed by atoms with van der Waals surface area (Å²) in [6.45, 7) is 3.91. The fourth-order valence-corrected chi connectivity index (χ4v) is 1.89. The molecule has 1 amide bonds. The number of hydrogen-bond acceptors (Lipinski definition) is 1. The van der Waals surface area contributed by atoms with E-state index in [-0.39, 0.29) is 17.0 Å². The van der Waals surface area contributed by atoms with Crippen molar-refractivity contribution in [2.45, 2.75) is 25.7 Å².